The largest absolute Gasteiger partial charge is 0.573 e. The fraction of sp³-hybridized carbons (Fsp3) is 0.304. The third kappa shape index (κ3) is 4.59. The van der Waals surface area contributed by atoms with Crippen LogP contribution in [0.3, 0.4) is 0 Å². The standard InChI is InChI=1S/C23H20F3N5O3/c24-23(25,26)34-18-3-1-2-14(8-18)4-7-21(32)30-10-16-12-31(13-17(16)11-30)22(33)15-5-6-19-20(9-15)28-29-27-19/h1-9,16-17H,10-13H2,(H,27,28,29). The molecule has 2 saturated heterocycles. The molecule has 0 radical (unpaired) electrons. The molecule has 0 saturated carbocycles. The van der Waals surface area contributed by atoms with Crippen molar-refractivity contribution in [3.63, 3.8) is 0 Å². The van der Waals surface area contributed by atoms with Gasteiger partial charge in [0.05, 0.1) is 0 Å². The second-order valence-electron chi connectivity index (χ2n) is 8.45. The summed E-state index contributed by atoms with van der Waals surface area (Å²) in [5.74, 6) is -0.268. The molecule has 2 amide bonds. The molecule has 2 aromatic carbocycles. The molecule has 2 aliphatic rings. The van der Waals surface area contributed by atoms with Crippen molar-refractivity contribution >= 4 is 28.9 Å². The number of benzene rings is 2. The van der Waals surface area contributed by atoms with Gasteiger partial charge in [-0.05, 0) is 42.0 Å². The van der Waals surface area contributed by atoms with E-state index in [1.807, 2.05) is 0 Å². The summed E-state index contributed by atoms with van der Waals surface area (Å²) in [5.41, 5.74) is 2.30. The Kier molecular flexibility index (Phi) is 5.46. The first-order valence-electron chi connectivity index (χ1n) is 10.7. The van der Waals surface area contributed by atoms with Crippen LogP contribution in [0.1, 0.15) is 15.9 Å². The molecule has 0 aliphatic carbocycles. The van der Waals surface area contributed by atoms with E-state index in [0.717, 1.165) is 0 Å². The number of halogens is 3. The molecule has 5 rings (SSSR count). The summed E-state index contributed by atoms with van der Waals surface area (Å²) >= 11 is 0. The van der Waals surface area contributed by atoms with E-state index in [2.05, 4.69) is 20.1 Å². The first-order chi connectivity index (χ1) is 16.2. The molecular formula is C23H20F3N5O3. The maximum absolute atomic E-state index is 12.9. The van der Waals surface area contributed by atoms with Gasteiger partial charge in [0.15, 0.2) is 0 Å². The molecule has 2 atom stereocenters. The highest BCUT2D eigenvalue weighted by Gasteiger charge is 2.42. The average Bonchev–Trinajstić information content (AvgIpc) is 3.50. The van der Waals surface area contributed by atoms with Crippen LogP contribution in [-0.2, 0) is 4.79 Å². The summed E-state index contributed by atoms with van der Waals surface area (Å²) in [6.45, 7) is 2.17. The number of hydrogen-bond acceptors (Lipinski definition) is 5. The Hall–Kier alpha value is -3.89. The van der Waals surface area contributed by atoms with Crippen LogP contribution >= 0.6 is 0 Å². The zero-order valence-electron chi connectivity index (χ0n) is 17.8. The number of amides is 2. The molecule has 2 unspecified atom stereocenters. The summed E-state index contributed by atoms with van der Waals surface area (Å²) in [6, 6.07) is 10.6. The van der Waals surface area contributed by atoms with Crippen LogP contribution in [0.15, 0.2) is 48.5 Å². The number of aromatic amines is 1. The van der Waals surface area contributed by atoms with Crippen molar-refractivity contribution < 1.29 is 27.5 Å². The van der Waals surface area contributed by atoms with Crippen molar-refractivity contribution in [3.05, 3.63) is 59.7 Å². The summed E-state index contributed by atoms with van der Waals surface area (Å²) < 4.78 is 41.1. The predicted octanol–water partition coefficient (Wildman–Crippen LogP) is 3.10. The third-order valence-corrected chi connectivity index (χ3v) is 6.16. The van der Waals surface area contributed by atoms with Gasteiger partial charge in [0.25, 0.3) is 5.91 Å². The number of fused-ring (bicyclic) bond motifs is 2. The normalized spacial score (nSPS) is 20.3. The number of hydrogen-bond donors (Lipinski definition) is 1. The lowest BCUT2D eigenvalue weighted by molar-refractivity contribution is -0.274. The number of nitrogens with zero attached hydrogens (tertiary/aromatic N) is 4. The van der Waals surface area contributed by atoms with Gasteiger partial charge in [-0.15, -0.1) is 13.2 Å². The van der Waals surface area contributed by atoms with Crippen molar-refractivity contribution in [1.29, 1.82) is 0 Å². The first kappa shape index (κ1) is 21.9. The maximum Gasteiger partial charge on any atom is 0.573 e. The number of alkyl halides is 3. The second-order valence-corrected chi connectivity index (χ2v) is 8.45. The first-order valence-corrected chi connectivity index (χ1v) is 10.7. The molecule has 1 N–H and O–H groups in total. The molecule has 8 nitrogen and oxygen atoms in total. The van der Waals surface area contributed by atoms with Crippen molar-refractivity contribution in [2.24, 2.45) is 11.8 Å². The lowest BCUT2D eigenvalue weighted by Gasteiger charge is -2.21. The van der Waals surface area contributed by atoms with Crippen molar-refractivity contribution in [2.75, 3.05) is 26.2 Å². The van der Waals surface area contributed by atoms with Gasteiger partial charge >= 0.3 is 6.36 Å². The van der Waals surface area contributed by atoms with Gasteiger partial charge in [0.2, 0.25) is 5.91 Å². The molecule has 11 heteroatoms. The van der Waals surface area contributed by atoms with Gasteiger partial charge in [0.1, 0.15) is 16.8 Å². The zero-order chi connectivity index (χ0) is 23.9. The molecule has 3 aromatic rings. The summed E-state index contributed by atoms with van der Waals surface area (Å²) in [6.07, 6.45) is -1.96. The SMILES string of the molecule is O=C(C=Cc1cccc(OC(F)(F)F)c1)N1CC2CN(C(=O)c3ccc4n[nH]nc4c3)CC2C1. The lowest BCUT2D eigenvalue weighted by atomic mass is 10.0. The van der Waals surface area contributed by atoms with Gasteiger partial charge in [-0.25, -0.2) is 0 Å². The van der Waals surface area contributed by atoms with Crippen LogP contribution < -0.4 is 4.74 Å². The van der Waals surface area contributed by atoms with E-state index in [-0.39, 0.29) is 29.4 Å². The van der Waals surface area contributed by atoms with Crippen molar-refractivity contribution in [1.82, 2.24) is 25.2 Å². The fourth-order valence-electron chi connectivity index (χ4n) is 4.58. The average molecular weight is 471 g/mol. The van der Waals surface area contributed by atoms with Gasteiger partial charge < -0.3 is 14.5 Å². The highest BCUT2D eigenvalue weighted by molar-refractivity contribution is 5.97. The smallest absolute Gasteiger partial charge is 0.406 e. The van der Waals surface area contributed by atoms with Gasteiger partial charge in [-0.1, -0.05) is 12.1 Å². The summed E-state index contributed by atoms with van der Waals surface area (Å²) in [7, 11) is 0. The Morgan fingerprint density at radius 1 is 0.971 bits per heavy atom. The summed E-state index contributed by atoms with van der Waals surface area (Å²) in [4.78, 5) is 29.1. The van der Waals surface area contributed by atoms with Crippen LogP contribution in [0, 0.1) is 11.8 Å². The molecule has 34 heavy (non-hydrogen) atoms. The van der Waals surface area contributed by atoms with Crippen molar-refractivity contribution in [2.45, 2.75) is 6.36 Å². The molecule has 0 bridgehead atoms. The monoisotopic (exact) mass is 471 g/mol. The van der Waals surface area contributed by atoms with Crippen LogP contribution in [-0.4, -0.2) is 69.6 Å². The number of carbonyl (C=O) groups is 2. The zero-order valence-corrected chi connectivity index (χ0v) is 17.8. The number of ether oxygens (including phenoxy) is 1. The molecule has 2 aliphatic heterocycles. The highest BCUT2D eigenvalue weighted by atomic mass is 19.4. The molecule has 176 valence electrons. The van der Waals surface area contributed by atoms with E-state index in [0.29, 0.717) is 48.3 Å². The second kappa shape index (κ2) is 8.47. The van der Waals surface area contributed by atoms with E-state index < -0.39 is 6.36 Å². The van der Waals surface area contributed by atoms with Gasteiger partial charge in [-0.2, -0.15) is 15.4 Å². The van der Waals surface area contributed by atoms with Crippen molar-refractivity contribution in [3.8, 4) is 5.75 Å². The van der Waals surface area contributed by atoms with Crippen LogP contribution in [0.5, 0.6) is 5.75 Å². The van der Waals surface area contributed by atoms with E-state index in [4.69, 9.17) is 0 Å². The van der Waals surface area contributed by atoms with Gasteiger partial charge in [0, 0.05) is 49.7 Å². The van der Waals surface area contributed by atoms with E-state index >= 15 is 0 Å². The Morgan fingerprint density at radius 3 is 2.41 bits per heavy atom. The quantitative estimate of drug-likeness (QED) is 0.591. The highest BCUT2D eigenvalue weighted by Crippen LogP contribution is 2.32. The van der Waals surface area contributed by atoms with Gasteiger partial charge in [-0.3, -0.25) is 9.59 Å². The minimum atomic E-state index is -4.77. The number of carbonyl (C=O) groups excluding carboxylic acids is 2. The number of rotatable bonds is 4. The maximum atomic E-state index is 12.9. The molecule has 1 aromatic heterocycles. The Morgan fingerprint density at radius 2 is 1.68 bits per heavy atom. The number of likely N-dealkylation sites (tertiary alicyclic amines) is 2. The third-order valence-electron chi connectivity index (χ3n) is 6.16. The minimum absolute atomic E-state index is 0.0713. The Labute approximate surface area is 192 Å². The number of H-pyrrole nitrogens is 1. The lowest BCUT2D eigenvalue weighted by Crippen LogP contribution is -2.35. The minimum Gasteiger partial charge on any atom is -0.406 e. The van der Waals surface area contributed by atoms with Crippen LogP contribution in [0.2, 0.25) is 0 Å². The van der Waals surface area contributed by atoms with E-state index in [1.54, 1.807) is 34.1 Å². The summed E-state index contributed by atoms with van der Waals surface area (Å²) in [5, 5.41) is 10.5. The number of nitrogens with one attached hydrogen (secondary N) is 1. The predicted molar refractivity (Wildman–Crippen MR) is 116 cm³/mol. The fourth-order valence-corrected chi connectivity index (χ4v) is 4.58. The number of aromatic nitrogens is 3. The molecule has 3 heterocycles. The van der Waals surface area contributed by atoms with Crippen LogP contribution in [0.25, 0.3) is 17.1 Å². The topological polar surface area (TPSA) is 91.4 Å². The molecule has 0 spiro atoms. The van der Waals surface area contributed by atoms with Crippen LogP contribution in [0.4, 0.5) is 13.2 Å². The Bertz CT molecular complexity index is 1260. The Balaban J connectivity index is 1.17. The molecule has 2 fully saturated rings. The van der Waals surface area contributed by atoms with E-state index in [1.165, 1.54) is 30.4 Å². The molecular weight excluding hydrogens is 451 g/mol. The van der Waals surface area contributed by atoms with E-state index in [9.17, 15) is 22.8 Å².